The Labute approximate surface area is 139 Å². The second-order valence-electron chi connectivity index (χ2n) is 6.40. The minimum absolute atomic E-state index is 0.101. The number of nitrogens with one attached hydrogen (secondary N) is 1. The van der Waals surface area contributed by atoms with E-state index < -0.39 is 0 Å². The summed E-state index contributed by atoms with van der Waals surface area (Å²) in [6, 6.07) is 0. The van der Waals surface area contributed by atoms with Crippen LogP contribution in [-0.2, 0) is 0 Å². The van der Waals surface area contributed by atoms with Crippen LogP contribution in [0, 0.1) is 6.92 Å². The van der Waals surface area contributed by atoms with Gasteiger partial charge in [-0.3, -0.25) is 10.1 Å². The number of rotatable bonds is 4. The Balaban J connectivity index is 1.73. The second-order valence-corrected chi connectivity index (χ2v) is 7.41. The minimum atomic E-state index is -0.223. The van der Waals surface area contributed by atoms with Gasteiger partial charge in [-0.05, 0) is 19.8 Å². The van der Waals surface area contributed by atoms with Gasteiger partial charge in [-0.1, -0.05) is 49.6 Å². The van der Waals surface area contributed by atoms with Crippen molar-refractivity contribution in [1.82, 2.24) is 15.4 Å². The fraction of sp³-hybridized carbons (Fsp3) is 0.625. The molecule has 3 rings (SSSR count). The van der Waals surface area contributed by atoms with Crippen molar-refractivity contribution in [3.8, 4) is 0 Å². The van der Waals surface area contributed by atoms with E-state index in [1.54, 1.807) is 6.92 Å². The molecule has 1 fully saturated rings. The number of aromatic nitrogens is 3. The summed E-state index contributed by atoms with van der Waals surface area (Å²) >= 11 is 1.48. The topological polar surface area (TPSA) is 80.9 Å². The van der Waals surface area contributed by atoms with E-state index in [0.717, 1.165) is 5.01 Å². The van der Waals surface area contributed by atoms with Crippen molar-refractivity contribution in [2.24, 2.45) is 0 Å². The number of nitrogens with zero attached hydrogens (tertiary/aromatic N) is 3. The average molecular weight is 334 g/mol. The first-order valence-corrected chi connectivity index (χ1v) is 8.98. The quantitative estimate of drug-likeness (QED) is 0.903. The summed E-state index contributed by atoms with van der Waals surface area (Å²) in [6.45, 7) is 5.73. The third-order valence-corrected chi connectivity index (χ3v) is 5.26. The fourth-order valence-electron chi connectivity index (χ4n) is 3.02. The van der Waals surface area contributed by atoms with Crippen LogP contribution in [0.1, 0.15) is 84.6 Å². The van der Waals surface area contributed by atoms with E-state index in [0.29, 0.717) is 28.1 Å². The smallest absolute Gasteiger partial charge is 0.263 e. The maximum absolute atomic E-state index is 12.5. The summed E-state index contributed by atoms with van der Waals surface area (Å²) in [7, 11) is 0. The molecule has 0 saturated heterocycles. The molecule has 124 valence electrons. The molecule has 0 bridgehead atoms. The highest BCUT2D eigenvalue weighted by Gasteiger charge is 2.24. The van der Waals surface area contributed by atoms with Crippen LogP contribution in [0.15, 0.2) is 4.52 Å². The molecule has 1 saturated carbocycles. The van der Waals surface area contributed by atoms with Gasteiger partial charge in [0.25, 0.3) is 5.91 Å². The highest BCUT2D eigenvalue weighted by Crippen LogP contribution is 2.35. The largest absolute Gasteiger partial charge is 0.360 e. The van der Waals surface area contributed by atoms with Crippen molar-refractivity contribution >= 4 is 22.4 Å². The fourth-order valence-corrected chi connectivity index (χ4v) is 3.92. The van der Waals surface area contributed by atoms with Gasteiger partial charge in [0.05, 0.1) is 5.69 Å². The highest BCUT2D eigenvalue weighted by atomic mass is 32.1. The number of carbonyl (C=O) groups excluding carboxylic acids is 1. The number of amides is 1. The first-order chi connectivity index (χ1) is 11.1. The number of hydrogen-bond donors (Lipinski definition) is 1. The summed E-state index contributed by atoms with van der Waals surface area (Å²) in [6.07, 6.45) is 6.16. The van der Waals surface area contributed by atoms with Crippen LogP contribution in [-0.4, -0.2) is 21.3 Å². The molecule has 0 atom stereocenters. The van der Waals surface area contributed by atoms with Gasteiger partial charge in [-0.15, -0.1) is 10.2 Å². The molecule has 0 aliphatic heterocycles. The summed E-state index contributed by atoms with van der Waals surface area (Å²) in [5, 5.41) is 16.7. The number of carbonyl (C=O) groups is 1. The van der Waals surface area contributed by atoms with E-state index in [9.17, 15) is 4.79 Å². The minimum Gasteiger partial charge on any atom is -0.360 e. The molecule has 2 aromatic heterocycles. The lowest BCUT2D eigenvalue weighted by Gasteiger charge is -2.18. The van der Waals surface area contributed by atoms with Crippen LogP contribution >= 0.6 is 11.3 Å². The van der Waals surface area contributed by atoms with E-state index in [1.807, 2.05) is 13.8 Å². The zero-order valence-electron chi connectivity index (χ0n) is 13.8. The van der Waals surface area contributed by atoms with E-state index in [1.165, 1.54) is 43.4 Å². The van der Waals surface area contributed by atoms with E-state index >= 15 is 0 Å². The maximum Gasteiger partial charge on any atom is 0.263 e. The lowest BCUT2D eigenvalue weighted by Crippen LogP contribution is -2.14. The summed E-state index contributed by atoms with van der Waals surface area (Å²) in [4.78, 5) is 12.5. The molecule has 2 aromatic rings. The molecule has 0 unspecified atom stereocenters. The van der Waals surface area contributed by atoms with Crippen LogP contribution in [0.4, 0.5) is 5.13 Å². The Bertz CT molecular complexity index is 686. The van der Waals surface area contributed by atoms with Gasteiger partial charge in [0.2, 0.25) is 5.13 Å². The van der Waals surface area contributed by atoms with Crippen molar-refractivity contribution < 1.29 is 9.32 Å². The molecule has 1 aliphatic rings. The Hall–Kier alpha value is -1.76. The molecule has 0 spiro atoms. The van der Waals surface area contributed by atoms with Gasteiger partial charge in [0, 0.05) is 11.8 Å². The third kappa shape index (κ3) is 3.44. The molecule has 7 heteroatoms. The molecule has 1 N–H and O–H groups in total. The Morgan fingerprint density at radius 2 is 2.00 bits per heavy atom. The summed E-state index contributed by atoms with van der Waals surface area (Å²) < 4.78 is 5.27. The lowest BCUT2D eigenvalue weighted by molar-refractivity contribution is 0.102. The molecule has 1 aliphatic carbocycles. The number of anilines is 1. The number of hydrogen-bond acceptors (Lipinski definition) is 6. The Morgan fingerprint density at radius 1 is 1.26 bits per heavy atom. The summed E-state index contributed by atoms with van der Waals surface area (Å²) in [5.41, 5.74) is 1.11. The molecule has 0 radical (unpaired) electrons. The van der Waals surface area contributed by atoms with E-state index in [-0.39, 0.29) is 11.8 Å². The van der Waals surface area contributed by atoms with Crippen molar-refractivity contribution in [3.63, 3.8) is 0 Å². The van der Waals surface area contributed by atoms with Gasteiger partial charge in [-0.2, -0.15) is 0 Å². The zero-order chi connectivity index (χ0) is 16.4. The summed E-state index contributed by atoms with van der Waals surface area (Å²) in [5.74, 6) is 0.982. The van der Waals surface area contributed by atoms with Gasteiger partial charge in [0.1, 0.15) is 10.6 Å². The van der Waals surface area contributed by atoms with Crippen LogP contribution < -0.4 is 5.32 Å². The maximum atomic E-state index is 12.5. The molecule has 6 nitrogen and oxygen atoms in total. The normalized spacial score (nSPS) is 16.0. The standard InChI is InChI=1S/C16H22N4O2S/c1-9(2)13-12(10(3)20-22-13)14(21)17-16-19-18-15(23-16)11-7-5-4-6-8-11/h9,11H,4-8H2,1-3H3,(H,17,19,21). The average Bonchev–Trinajstić information content (AvgIpc) is 3.15. The monoisotopic (exact) mass is 334 g/mol. The molecule has 0 aromatic carbocycles. The van der Waals surface area contributed by atoms with Gasteiger partial charge >= 0.3 is 0 Å². The second kappa shape index (κ2) is 6.78. The number of aryl methyl sites for hydroxylation is 1. The highest BCUT2D eigenvalue weighted by molar-refractivity contribution is 7.15. The zero-order valence-corrected chi connectivity index (χ0v) is 14.6. The molecular weight excluding hydrogens is 312 g/mol. The van der Waals surface area contributed by atoms with Crippen LogP contribution in [0.25, 0.3) is 0 Å². The van der Waals surface area contributed by atoms with Gasteiger partial charge in [0.15, 0.2) is 5.76 Å². The van der Waals surface area contributed by atoms with Crippen LogP contribution in [0.2, 0.25) is 0 Å². The van der Waals surface area contributed by atoms with E-state index in [4.69, 9.17) is 4.52 Å². The molecule has 2 heterocycles. The SMILES string of the molecule is Cc1noc(C(C)C)c1C(=O)Nc1nnc(C2CCCCC2)s1. The van der Waals surface area contributed by atoms with Gasteiger partial charge in [-0.25, -0.2) is 0 Å². The first kappa shape index (κ1) is 16.1. The Morgan fingerprint density at radius 3 is 2.70 bits per heavy atom. The third-order valence-electron chi connectivity index (χ3n) is 4.26. The molecule has 23 heavy (non-hydrogen) atoms. The first-order valence-electron chi connectivity index (χ1n) is 8.17. The molecule has 1 amide bonds. The van der Waals surface area contributed by atoms with Crippen molar-refractivity contribution in [1.29, 1.82) is 0 Å². The van der Waals surface area contributed by atoms with Crippen LogP contribution in [0.3, 0.4) is 0 Å². The molecular formula is C16H22N4O2S. The Kier molecular flexibility index (Phi) is 4.75. The van der Waals surface area contributed by atoms with Crippen LogP contribution in [0.5, 0.6) is 0 Å². The predicted molar refractivity (Wildman–Crippen MR) is 89.0 cm³/mol. The van der Waals surface area contributed by atoms with Crippen molar-refractivity contribution in [2.45, 2.75) is 64.7 Å². The van der Waals surface area contributed by atoms with Crippen molar-refractivity contribution in [3.05, 3.63) is 22.0 Å². The van der Waals surface area contributed by atoms with E-state index in [2.05, 4.69) is 20.7 Å². The van der Waals surface area contributed by atoms with Crippen molar-refractivity contribution in [2.75, 3.05) is 5.32 Å². The van der Waals surface area contributed by atoms with Gasteiger partial charge < -0.3 is 4.52 Å². The lowest BCUT2D eigenvalue weighted by atomic mass is 9.90. The predicted octanol–water partition coefficient (Wildman–Crippen LogP) is 4.26.